The zero-order valence-electron chi connectivity index (χ0n) is 30.1. The number of hydrogen-bond donors (Lipinski definition) is 0. The zero-order chi connectivity index (χ0) is 35.0. The first-order valence-corrected chi connectivity index (χ1v) is 16.8. The van der Waals surface area contributed by atoms with E-state index in [9.17, 15) is 2.74 Å². The van der Waals surface area contributed by atoms with E-state index in [1.54, 1.807) is 11.3 Å². The van der Waals surface area contributed by atoms with Gasteiger partial charge in [-0.2, -0.15) is 0 Å². The lowest BCUT2D eigenvalue weighted by Crippen LogP contribution is -2.16. The molecule has 0 N–H and O–H groups in total. The van der Waals surface area contributed by atoms with E-state index in [-0.39, 0.29) is 29.6 Å². The molecule has 0 unspecified atom stereocenters. The van der Waals surface area contributed by atoms with Gasteiger partial charge in [-0.25, -0.2) is 0 Å². The van der Waals surface area contributed by atoms with Gasteiger partial charge in [0.25, 0.3) is 0 Å². The minimum atomic E-state index is -0.263. The van der Waals surface area contributed by atoms with Crippen LogP contribution in [0.5, 0.6) is 0 Å². The number of rotatable bonds is 5. The number of thiophene rings is 1. The van der Waals surface area contributed by atoms with E-state index in [4.69, 9.17) is 2.74 Å². The van der Waals surface area contributed by atoms with Gasteiger partial charge >= 0.3 is 0 Å². The molecular formula is C45H33NS. The van der Waals surface area contributed by atoms with Gasteiger partial charge in [0.2, 0.25) is 0 Å². The van der Waals surface area contributed by atoms with Gasteiger partial charge in [0.1, 0.15) is 0 Å². The number of hydrogen-bond acceptors (Lipinski definition) is 2. The van der Waals surface area contributed by atoms with Gasteiger partial charge in [-0.3, -0.25) is 0 Å². The summed E-state index contributed by atoms with van der Waals surface area (Å²) in [4.78, 5) is 2.04. The molecule has 1 aromatic heterocycles. The Morgan fingerprint density at radius 2 is 1.19 bits per heavy atom. The predicted molar refractivity (Wildman–Crippen MR) is 202 cm³/mol. The molecule has 2 heteroatoms. The van der Waals surface area contributed by atoms with E-state index < -0.39 is 0 Å². The molecule has 0 aliphatic heterocycles. The maximum Gasteiger partial charge on any atom is 0.0645 e. The molecule has 9 rings (SSSR count). The minimum absolute atomic E-state index is 0.0615. The fraction of sp³-hybridized carbons (Fsp3) is 0.0667. The third-order valence-electron chi connectivity index (χ3n) is 9.62. The van der Waals surface area contributed by atoms with Crippen LogP contribution in [0.1, 0.15) is 30.5 Å². The smallest absolute Gasteiger partial charge is 0.0645 e. The molecule has 1 heterocycles. The van der Waals surface area contributed by atoms with Crippen LogP contribution in [-0.4, -0.2) is 0 Å². The van der Waals surface area contributed by atoms with Crippen LogP contribution >= 0.6 is 11.3 Å². The Kier molecular flexibility index (Phi) is 5.49. The molecule has 0 radical (unpaired) electrons. The number of benzene rings is 7. The largest absolute Gasteiger partial charge is 0.310 e. The molecule has 0 atom stereocenters. The van der Waals surface area contributed by atoms with Crippen LogP contribution in [0.3, 0.4) is 0 Å². The average Bonchev–Trinajstić information content (AvgIpc) is 3.66. The maximum absolute atomic E-state index is 9.57. The highest BCUT2D eigenvalue weighted by atomic mass is 32.1. The molecule has 0 saturated carbocycles. The first-order chi connectivity index (χ1) is 24.7. The van der Waals surface area contributed by atoms with Gasteiger partial charge in [0, 0.05) is 42.5 Å². The number of nitrogens with zero attached hydrogens (tertiary/aromatic N) is 1. The van der Waals surface area contributed by atoms with Crippen LogP contribution in [0, 0.1) is 0 Å². The standard InChI is InChI=1S/C45H33NS/c1-45(2)39-19-9-6-15-34(39)35-28-27-33(29-40(35)45)46(32-25-23-31(24-26-32)30-13-4-3-5-14-30)41-20-10-7-16-36(41)37-18-12-22-43-44(37)38-17-8-11-21-42(38)47-43/h3-29H,1-2H3/i7D,10D,16D,20D. The number of para-hydroxylation sites is 1. The van der Waals surface area contributed by atoms with Gasteiger partial charge in [-0.15, -0.1) is 11.3 Å². The third-order valence-corrected chi connectivity index (χ3v) is 10.8. The van der Waals surface area contributed by atoms with Crippen LogP contribution < -0.4 is 4.90 Å². The van der Waals surface area contributed by atoms with E-state index in [0.717, 1.165) is 48.2 Å². The Labute approximate surface area is 285 Å². The van der Waals surface area contributed by atoms with Crippen molar-refractivity contribution in [1.29, 1.82) is 0 Å². The second-order valence-electron chi connectivity index (χ2n) is 12.6. The van der Waals surface area contributed by atoms with Crippen molar-refractivity contribution in [2.24, 2.45) is 0 Å². The molecule has 0 saturated heterocycles. The molecule has 0 amide bonds. The Hall–Kier alpha value is -5.44. The lowest BCUT2D eigenvalue weighted by Gasteiger charge is -2.30. The normalized spacial score (nSPS) is 14.3. The summed E-state index contributed by atoms with van der Waals surface area (Å²) < 4.78 is 39.1. The zero-order valence-corrected chi connectivity index (χ0v) is 27.0. The van der Waals surface area contributed by atoms with Gasteiger partial charge in [0.05, 0.1) is 11.2 Å². The summed E-state index contributed by atoms with van der Waals surface area (Å²) in [5.74, 6) is 0. The number of fused-ring (bicyclic) bond motifs is 6. The van der Waals surface area contributed by atoms with Crippen LogP contribution in [0.25, 0.3) is 53.6 Å². The Bertz CT molecular complexity index is 2660. The fourth-order valence-corrected chi connectivity index (χ4v) is 8.46. The molecule has 47 heavy (non-hydrogen) atoms. The first-order valence-electron chi connectivity index (χ1n) is 17.9. The molecule has 7 aromatic carbocycles. The summed E-state index contributed by atoms with van der Waals surface area (Å²) in [6, 6.07) is 47.3. The summed E-state index contributed by atoms with van der Waals surface area (Å²) in [6.45, 7) is 4.51. The van der Waals surface area contributed by atoms with Crippen LogP contribution in [0.4, 0.5) is 17.1 Å². The summed E-state index contributed by atoms with van der Waals surface area (Å²) in [7, 11) is 0. The van der Waals surface area contributed by atoms with Crippen LogP contribution in [-0.2, 0) is 5.41 Å². The lowest BCUT2D eigenvalue weighted by molar-refractivity contribution is 0.660. The summed E-state index contributed by atoms with van der Waals surface area (Å²) in [5.41, 5.74) is 10.1. The third kappa shape index (κ3) is 4.44. The second kappa shape index (κ2) is 10.8. The summed E-state index contributed by atoms with van der Waals surface area (Å²) in [5, 5.41) is 2.07. The van der Waals surface area contributed by atoms with Gasteiger partial charge in [-0.1, -0.05) is 135 Å². The molecule has 0 bridgehead atoms. The van der Waals surface area contributed by atoms with Crippen molar-refractivity contribution in [3.63, 3.8) is 0 Å². The van der Waals surface area contributed by atoms with E-state index in [1.807, 2.05) is 47.4 Å². The van der Waals surface area contributed by atoms with E-state index in [2.05, 4.69) is 111 Å². The van der Waals surface area contributed by atoms with Gasteiger partial charge in [-0.05, 0) is 81.4 Å². The van der Waals surface area contributed by atoms with Gasteiger partial charge in [0.15, 0.2) is 0 Å². The highest BCUT2D eigenvalue weighted by molar-refractivity contribution is 7.25. The fourth-order valence-electron chi connectivity index (χ4n) is 7.32. The Morgan fingerprint density at radius 1 is 0.532 bits per heavy atom. The Balaban J connectivity index is 1.35. The van der Waals surface area contributed by atoms with E-state index in [0.29, 0.717) is 11.3 Å². The van der Waals surface area contributed by atoms with Crippen molar-refractivity contribution in [1.82, 2.24) is 0 Å². The molecule has 8 aromatic rings. The van der Waals surface area contributed by atoms with Crippen molar-refractivity contribution < 1.29 is 5.48 Å². The average molecular weight is 624 g/mol. The minimum Gasteiger partial charge on any atom is -0.310 e. The molecule has 1 aliphatic carbocycles. The summed E-state index contributed by atoms with van der Waals surface area (Å²) >= 11 is 1.70. The van der Waals surface area contributed by atoms with Gasteiger partial charge < -0.3 is 4.90 Å². The van der Waals surface area contributed by atoms with Crippen molar-refractivity contribution >= 4 is 48.6 Å². The second-order valence-corrected chi connectivity index (χ2v) is 13.7. The van der Waals surface area contributed by atoms with Crippen LogP contribution in [0.2, 0.25) is 0 Å². The van der Waals surface area contributed by atoms with E-state index >= 15 is 0 Å². The topological polar surface area (TPSA) is 3.24 Å². The SMILES string of the molecule is [2H]c1c([2H])c([2H])c(N(c2ccc(-c3ccccc3)cc2)c2ccc3c(c2)C(C)(C)c2ccccc2-3)c(-c2cccc3sc4ccccc4c23)c1[2H]. The highest BCUT2D eigenvalue weighted by Gasteiger charge is 2.36. The van der Waals surface area contributed by atoms with Crippen molar-refractivity contribution in [2.45, 2.75) is 19.3 Å². The van der Waals surface area contributed by atoms with Crippen molar-refractivity contribution in [3.05, 3.63) is 175 Å². The van der Waals surface area contributed by atoms with Crippen LogP contribution in [0.15, 0.2) is 164 Å². The predicted octanol–water partition coefficient (Wildman–Crippen LogP) is 13.2. The Morgan fingerprint density at radius 3 is 2.06 bits per heavy atom. The van der Waals surface area contributed by atoms with Crippen molar-refractivity contribution in [2.75, 3.05) is 4.90 Å². The monoisotopic (exact) mass is 623 g/mol. The quantitative estimate of drug-likeness (QED) is 0.184. The highest BCUT2D eigenvalue weighted by Crippen LogP contribution is 2.52. The van der Waals surface area contributed by atoms with E-state index in [1.165, 1.54) is 22.3 Å². The molecule has 0 fully saturated rings. The lowest BCUT2D eigenvalue weighted by atomic mass is 9.82. The first kappa shape index (κ1) is 23.8. The maximum atomic E-state index is 9.57. The number of anilines is 3. The molecule has 1 aliphatic rings. The molecular weight excluding hydrogens is 587 g/mol. The molecule has 0 spiro atoms. The molecule has 1 nitrogen and oxygen atoms in total. The summed E-state index contributed by atoms with van der Waals surface area (Å²) in [6.07, 6.45) is 0. The van der Waals surface area contributed by atoms with Crippen molar-refractivity contribution in [3.8, 4) is 33.4 Å². The molecule has 224 valence electrons.